The fraction of sp³-hybridized carbons (Fsp3) is 0.350. The second kappa shape index (κ2) is 8.70. The van der Waals surface area contributed by atoms with Crippen molar-refractivity contribution in [2.75, 3.05) is 12.3 Å². The van der Waals surface area contributed by atoms with E-state index in [0.29, 0.717) is 30.8 Å². The maximum atomic E-state index is 12.2. The number of carbonyl (C=O) groups is 1. The predicted octanol–water partition coefficient (Wildman–Crippen LogP) is 2.41. The summed E-state index contributed by atoms with van der Waals surface area (Å²) in [6, 6.07) is 5.55. The number of hydrogen-bond donors (Lipinski definition) is 3. The van der Waals surface area contributed by atoms with Crippen LogP contribution in [0.3, 0.4) is 0 Å². The number of benzene rings is 1. The first-order valence-electron chi connectivity index (χ1n) is 9.64. The molecule has 4 N–H and O–H groups in total. The van der Waals surface area contributed by atoms with Crippen LogP contribution in [0.5, 0.6) is 0 Å². The molecule has 30 heavy (non-hydrogen) atoms. The van der Waals surface area contributed by atoms with Gasteiger partial charge in [-0.1, -0.05) is 17.7 Å². The number of hydrogen-bond acceptors (Lipinski definition) is 6. The number of rotatable bonds is 7. The van der Waals surface area contributed by atoms with Gasteiger partial charge in [0, 0.05) is 18.8 Å². The Bertz CT molecular complexity index is 1170. The van der Waals surface area contributed by atoms with Gasteiger partial charge in [-0.15, -0.1) is 0 Å². The van der Waals surface area contributed by atoms with Crippen LogP contribution in [0.25, 0.3) is 11.0 Å². The lowest BCUT2D eigenvalue weighted by Crippen LogP contribution is -2.39. The van der Waals surface area contributed by atoms with E-state index in [0.717, 1.165) is 28.8 Å². The highest BCUT2D eigenvalue weighted by Gasteiger charge is 2.17. The molecule has 0 radical (unpaired) electrons. The Labute approximate surface area is 175 Å². The van der Waals surface area contributed by atoms with Gasteiger partial charge in [-0.25, -0.2) is 27.9 Å². The third-order valence-electron chi connectivity index (χ3n) is 4.94. The van der Waals surface area contributed by atoms with E-state index in [2.05, 4.69) is 15.3 Å². The summed E-state index contributed by atoms with van der Waals surface area (Å²) in [4.78, 5) is 20.6. The van der Waals surface area contributed by atoms with Crippen LogP contribution in [0.2, 0.25) is 0 Å². The Morgan fingerprint density at radius 2 is 1.83 bits per heavy atom. The number of urea groups is 1. The summed E-state index contributed by atoms with van der Waals surface area (Å²) in [6.07, 6.45) is 3.19. The summed E-state index contributed by atoms with van der Waals surface area (Å²) in [6.45, 7) is 6.81. The Balaban J connectivity index is 1.49. The number of nitrogens with two attached hydrogens (primary N) is 1. The van der Waals surface area contributed by atoms with Crippen molar-refractivity contribution in [1.82, 2.24) is 24.6 Å². The van der Waals surface area contributed by atoms with Crippen molar-refractivity contribution in [2.24, 2.45) is 0 Å². The van der Waals surface area contributed by atoms with E-state index in [-0.39, 0.29) is 4.90 Å². The molecular formula is C20H26N6O3S. The van der Waals surface area contributed by atoms with Gasteiger partial charge >= 0.3 is 6.03 Å². The minimum atomic E-state index is -3.88. The van der Waals surface area contributed by atoms with Crippen molar-refractivity contribution in [3.05, 3.63) is 47.4 Å². The minimum absolute atomic E-state index is 0.0506. The van der Waals surface area contributed by atoms with E-state index in [9.17, 15) is 13.2 Å². The molecule has 9 nitrogen and oxygen atoms in total. The van der Waals surface area contributed by atoms with Gasteiger partial charge < -0.3 is 15.6 Å². The summed E-state index contributed by atoms with van der Waals surface area (Å²) in [5.74, 6) is 0.417. The summed E-state index contributed by atoms with van der Waals surface area (Å²) >= 11 is 0. The number of nitrogen functional groups attached to an aromatic ring is 1. The smallest absolute Gasteiger partial charge is 0.328 e. The number of nitrogens with zero attached hydrogens (tertiary/aromatic N) is 3. The van der Waals surface area contributed by atoms with Crippen LogP contribution in [-0.2, 0) is 16.6 Å². The topological polar surface area (TPSA) is 132 Å². The normalized spacial score (nSPS) is 11.6. The van der Waals surface area contributed by atoms with Gasteiger partial charge in [0.15, 0.2) is 5.82 Å². The molecule has 0 bridgehead atoms. The number of sulfonamides is 1. The van der Waals surface area contributed by atoms with Gasteiger partial charge in [0.25, 0.3) is 10.0 Å². The maximum absolute atomic E-state index is 12.2. The number of carbonyl (C=O) groups excluding carboxylic acids is 1. The highest BCUT2D eigenvalue weighted by Crippen LogP contribution is 2.24. The second-order valence-electron chi connectivity index (χ2n) is 7.22. The highest BCUT2D eigenvalue weighted by atomic mass is 32.2. The van der Waals surface area contributed by atoms with Gasteiger partial charge in [0.05, 0.1) is 16.7 Å². The number of anilines is 1. The third kappa shape index (κ3) is 4.70. The Hall–Kier alpha value is -3.14. The summed E-state index contributed by atoms with van der Waals surface area (Å²) < 4.78 is 28.5. The molecule has 2 amide bonds. The Morgan fingerprint density at radius 1 is 1.13 bits per heavy atom. The average Bonchev–Trinajstić information content (AvgIpc) is 3.10. The van der Waals surface area contributed by atoms with Crippen molar-refractivity contribution in [1.29, 1.82) is 0 Å². The van der Waals surface area contributed by atoms with E-state index in [1.807, 2.05) is 30.1 Å². The second-order valence-corrected chi connectivity index (χ2v) is 8.91. The molecule has 2 heterocycles. The van der Waals surface area contributed by atoms with Crippen LogP contribution in [0.15, 0.2) is 35.5 Å². The lowest BCUT2D eigenvalue weighted by molar-refractivity contribution is 0.245. The molecule has 0 atom stereocenters. The lowest BCUT2D eigenvalue weighted by atomic mass is 10.2. The average molecular weight is 431 g/mol. The fourth-order valence-electron chi connectivity index (χ4n) is 3.16. The van der Waals surface area contributed by atoms with Crippen molar-refractivity contribution in [3.8, 4) is 0 Å². The molecule has 0 spiro atoms. The first-order chi connectivity index (χ1) is 14.2. The SMILES string of the molecule is Cc1ccc(S(=O)(=O)NC(=O)NCCCCn2cnc3c(N)nc(C)c(C)c32)cc1. The van der Waals surface area contributed by atoms with Crippen LogP contribution in [-0.4, -0.2) is 35.5 Å². The van der Waals surface area contributed by atoms with Crippen LogP contribution < -0.4 is 15.8 Å². The number of aryl methyl sites for hydroxylation is 4. The zero-order valence-corrected chi connectivity index (χ0v) is 18.1. The maximum Gasteiger partial charge on any atom is 0.328 e. The largest absolute Gasteiger partial charge is 0.382 e. The van der Waals surface area contributed by atoms with Gasteiger partial charge in [0.1, 0.15) is 5.52 Å². The van der Waals surface area contributed by atoms with E-state index in [4.69, 9.17) is 5.73 Å². The molecule has 3 aromatic rings. The molecule has 3 rings (SSSR count). The molecule has 0 unspecified atom stereocenters. The first-order valence-corrected chi connectivity index (χ1v) is 11.1. The zero-order chi connectivity index (χ0) is 21.9. The number of fused-ring (bicyclic) bond motifs is 1. The monoisotopic (exact) mass is 430 g/mol. The van der Waals surface area contributed by atoms with E-state index < -0.39 is 16.1 Å². The lowest BCUT2D eigenvalue weighted by Gasteiger charge is -2.10. The molecule has 0 saturated carbocycles. The predicted molar refractivity (Wildman–Crippen MR) is 116 cm³/mol. The van der Waals surface area contributed by atoms with Crippen LogP contribution in [0.1, 0.15) is 29.7 Å². The standard InChI is InChI=1S/C20H26N6O3S/c1-13-6-8-16(9-7-13)30(28,29)25-20(27)22-10-4-5-11-26-12-23-17-18(26)14(2)15(3)24-19(17)21/h6-9,12H,4-5,10-11H2,1-3H3,(H2,21,24)(H2,22,25,27). The Morgan fingerprint density at radius 3 is 2.53 bits per heavy atom. The molecule has 0 aliphatic heterocycles. The van der Waals surface area contributed by atoms with Crippen molar-refractivity contribution >= 4 is 32.9 Å². The van der Waals surface area contributed by atoms with Crippen LogP contribution >= 0.6 is 0 Å². The summed E-state index contributed by atoms with van der Waals surface area (Å²) in [5, 5.41) is 2.58. The molecule has 2 aromatic heterocycles. The highest BCUT2D eigenvalue weighted by molar-refractivity contribution is 7.90. The molecule has 1 aromatic carbocycles. The minimum Gasteiger partial charge on any atom is -0.382 e. The Kier molecular flexibility index (Phi) is 6.25. The molecule has 10 heteroatoms. The number of pyridine rings is 1. The van der Waals surface area contributed by atoms with Gasteiger partial charge in [-0.05, 0) is 51.3 Å². The summed E-state index contributed by atoms with van der Waals surface area (Å²) in [5.41, 5.74) is 10.5. The van der Waals surface area contributed by atoms with Crippen molar-refractivity contribution in [3.63, 3.8) is 0 Å². The molecule has 160 valence electrons. The van der Waals surface area contributed by atoms with Gasteiger partial charge in [-0.2, -0.15) is 0 Å². The van der Waals surface area contributed by atoms with E-state index in [1.54, 1.807) is 18.5 Å². The van der Waals surface area contributed by atoms with Crippen molar-refractivity contribution < 1.29 is 13.2 Å². The fourth-order valence-corrected chi connectivity index (χ4v) is 4.09. The number of amides is 2. The zero-order valence-electron chi connectivity index (χ0n) is 17.3. The third-order valence-corrected chi connectivity index (χ3v) is 6.28. The number of unbranched alkanes of at least 4 members (excludes halogenated alkanes) is 1. The molecule has 0 aliphatic rings. The van der Waals surface area contributed by atoms with E-state index >= 15 is 0 Å². The van der Waals surface area contributed by atoms with Crippen LogP contribution in [0, 0.1) is 20.8 Å². The summed E-state index contributed by atoms with van der Waals surface area (Å²) in [7, 11) is -3.88. The van der Waals surface area contributed by atoms with Gasteiger partial charge in [0.2, 0.25) is 0 Å². The van der Waals surface area contributed by atoms with Gasteiger partial charge in [-0.3, -0.25) is 0 Å². The van der Waals surface area contributed by atoms with Crippen molar-refractivity contribution in [2.45, 2.75) is 45.1 Å². The number of aromatic nitrogens is 3. The molecule has 0 fully saturated rings. The van der Waals surface area contributed by atoms with Crippen LogP contribution in [0.4, 0.5) is 10.6 Å². The van der Waals surface area contributed by atoms with E-state index in [1.165, 1.54) is 12.1 Å². The quantitative estimate of drug-likeness (QED) is 0.493. The number of imidazole rings is 1. The molecule has 0 aliphatic carbocycles. The first kappa shape index (κ1) is 21.6. The number of nitrogens with one attached hydrogen (secondary N) is 2. The molecular weight excluding hydrogens is 404 g/mol. The molecule has 0 saturated heterocycles.